The van der Waals surface area contributed by atoms with Crippen LogP contribution in [0.2, 0.25) is 0 Å². The number of hydrogen-bond acceptors (Lipinski definition) is 4. The average molecular weight is 442 g/mol. The monoisotopic (exact) mass is 441 g/mol. The number of hydrogen-bond donors (Lipinski definition) is 2. The fourth-order valence-electron chi connectivity index (χ4n) is 3.48. The molecule has 0 aliphatic carbocycles. The van der Waals surface area contributed by atoms with Gasteiger partial charge >= 0.3 is 11.9 Å². The van der Waals surface area contributed by atoms with Crippen LogP contribution in [0.3, 0.4) is 0 Å². The van der Waals surface area contributed by atoms with E-state index in [2.05, 4.69) is 19.1 Å². The van der Waals surface area contributed by atoms with Gasteiger partial charge in [0.25, 0.3) is 0 Å². The minimum Gasteiger partial charge on any atom is -0.550 e. The summed E-state index contributed by atoms with van der Waals surface area (Å²) in [5, 5.41) is 29.8. The standard InChI is InChI=1S/C24H43NO6/c1-5-6-7-8-9-10-11-15-25(16-12-19(2)22(26)27,17-13-20(3)23(28)29)18-14-21(4)24(30)31/h10-11,19-21H,5-9,12-18H2,1-4H3,(H2-,26,27,28,29,30,31)/b11-10+. The molecule has 31 heavy (non-hydrogen) atoms. The molecule has 180 valence electrons. The molecule has 3 unspecified atom stereocenters. The number of nitrogens with zero attached hydrogens (tertiary/aromatic N) is 1. The van der Waals surface area contributed by atoms with Gasteiger partial charge in [0, 0.05) is 31.1 Å². The molecule has 0 saturated heterocycles. The van der Waals surface area contributed by atoms with E-state index in [0.29, 0.717) is 49.9 Å². The first-order valence-electron chi connectivity index (χ1n) is 11.7. The molecular formula is C24H43NO6. The van der Waals surface area contributed by atoms with Crippen LogP contribution in [0.5, 0.6) is 0 Å². The molecule has 3 atom stereocenters. The third kappa shape index (κ3) is 13.2. The second-order valence-electron chi connectivity index (χ2n) is 9.08. The lowest BCUT2D eigenvalue weighted by Crippen LogP contribution is -2.52. The number of carbonyl (C=O) groups is 3. The van der Waals surface area contributed by atoms with E-state index in [-0.39, 0.29) is 0 Å². The van der Waals surface area contributed by atoms with Gasteiger partial charge in [-0.2, -0.15) is 0 Å². The predicted molar refractivity (Wildman–Crippen MR) is 119 cm³/mol. The van der Waals surface area contributed by atoms with E-state index in [1.165, 1.54) is 19.3 Å². The number of unbranched alkanes of at least 4 members (excludes halogenated alkanes) is 4. The molecule has 0 aliphatic heterocycles. The molecule has 0 saturated carbocycles. The Labute approximate surface area is 187 Å². The van der Waals surface area contributed by atoms with Gasteiger partial charge < -0.3 is 24.6 Å². The maximum absolute atomic E-state index is 11.3. The number of allylic oxidation sites excluding steroid dienone is 1. The summed E-state index contributed by atoms with van der Waals surface area (Å²) < 4.78 is 0.498. The SMILES string of the molecule is CCCCCC/C=C/C[N+](CCC(C)C(=O)[O-])(CCC(C)C(=O)O)CCC(C)C(=O)O. The van der Waals surface area contributed by atoms with Crippen molar-refractivity contribution in [2.75, 3.05) is 26.2 Å². The first kappa shape index (κ1) is 29.1. The number of carboxylic acid groups (broad SMARTS) is 3. The van der Waals surface area contributed by atoms with Crippen molar-refractivity contribution in [1.82, 2.24) is 0 Å². The van der Waals surface area contributed by atoms with Crippen molar-refractivity contribution in [2.45, 2.75) is 79.1 Å². The van der Waals surface area contributed by atoms with E-state index in [4.69, 9.17) is 0 Å². The van der Waals surface area contributed by atoms with Crippen LogP contribution in [0.1, 0.15) is 79.1 Å². The van der Waals surface area contributed by atoms with Gasteiger partial charge in [0.15, 0.2) is 0 Å². The van der Waals surface area contributed by atoms with Gasteiger partial charge in [-0.1, -0.05) is 53.0 Å². The van der Waals surface area contributed by atoms with Crippen molar-refractivity contribution in [2.24, 2.45) is 17.8 Å². The quantitative estimate of drug-likeness (QED) is 0.180. The maximum atomic E-state index is 11.3. The van der Waals surface area contributed by atoms with E-state index < -0.39 is 35.7 Å². The summed E-state index contributed by atoms with van der Waals surface area (Å²) in [5.41, 5.74) is 0. The molecule has 0 bridgehead atoms. The van der Waals surface area contributed by atoms with Gasteiger partial charge in [-0.3, -0.25) is 9.59 Å². The van der Waals surface area contributed by atoms with Crippen LogP contribution < -0.4 is 5.11 Å². The molecule has 0 rings (SSSR count). The second-order valence-corrected chi connectivity index (χ2v) is 9.08. The Balaban J connectivity index is 5.40. The highest BCUT2D eigenvalue weighted by atomic mass is 16.4. The Hall–Kier alpha value is -1.89. The first-order chi connectivity index (χ1) is 14.5. The van der Waals surface area contributed by atoms with Crippen LogP contribution in [0.15, 0.2) is 12.2 Å². The molecule has 2 N–H and O–H groups in total. The number of carboxylic acids is 3. The molecule has 0 amide bonds. The van der Waals surface area contributed by atoms with Crippen molar-refractivity contribution in [3.05, 3.63) is 12.2 Å². The van der Waals surface area contributed by atoms with Crippen LogP contribution >= 0.6 is 0 Å². The Morgan fingerprint density at radius 3 is 1.71 bits per heavy atom. The number of carbonyl (C=O) groups excluding carboxylic acids is 1. The molecule has 0 heterocycles. The Morgan fingerprint density at radius 1 is 0.806 bits per heavy atom. The molecule has 7 nitrogen and oxygen atoms in total. The third-order valence-corrected chi connectivity index (χ3v) is 6.24. The van der Waals surface area contributed by atoms with Gasteiger partial charge in [-0.15, -0.1) is 0 Å². The molecule has 0 fully saturated rings. The molecule has 0 aromatic heterocycles. The topological polar surface area (TPSA) is 115 Å². The number of rotatable bonds is 19. The molecule has 0 aliphatic rings. The molecule has 0 spiro atoms. The van der Waals surface area contributed by atoms with Crippen molar-refractivity contribution in [1.29, 1.82) is 0 Å². The van der Waals surface area contributed by atoms with Crippen LogP contribution in [-0.2, 0) is 14.4 Å². The van der Waals surface area contributed by atoms with E-state index in [1.807, 2.05) is 0 Å². The molecular weight excluding hydrogens is 398 g/mol. The summed E-state index contributed by atoms with van der Waals surface area (Å²) in [6.07, 6.45) is 11.3. The van der Waals surface area contributed by atoms with Crippen molar-refractivity contribution < 1.29 is 34.2 Å². The van der Waals surface area contributed by atoms with Crippen LogP contribution in [0.25, 0.3) is 0 Å². The third-order valence-electron chi connectivity index (χ3n) is 6.24. The Morgan fingerprint density at radius 2 is 1.29 bits per heavy atom. The van der Waals surface area contributed by atoms with Gasteiger partial charge in [0.1, 0.15) is 0 Å². The lowest BCUT2D eigenvalue weighted by molar-refractivity contribution is -0.924. The molecule has 0 aromatic rings. The van der Waals surface area contributed by atoms with E-state index >= 15 is 0 Å². The summed E-state index contributed by atoms with van der Waals surface area (Å²) in [5.74, 6) is -4.43. The normalized spacial score (nSPS) is 16.5. The van der Waals surface area contributed by atoms with Crippen LogP contribution in [0, 0.1) is 17.8 Å². The maximum Gasteiger partial charge on any atom is 0.306 e. The zero-order chi connectivity index (χ0) is 23.9. The van der Waals surface area contributed by atoms with E-state index in [1.54, 1.807) is 20.8 Å². The summed E-state index contributed by atoms with van der Waals surface area (Å²) >= 11 is 0. The predicted octanol–water partition coefficient (Wildman–Crippen LogP) is 3.33. The van der Waals surface area contributed by atoms with Crippen LogP contribution in [-0.4, -0.2) is 58.8 Å². The van der Waals surface area contributed by atoms with Crippen molar-refractivity contribution in [3.63, 3.8) is 0 Å². The molecule has 0 aromatic carbocycles. The molecule has 7 heteroatoms. The fraction of sp³-hybridized carbons (Fsp3) is 0.792. The van der Waals surface area contributed by atoms with Crippen molar-refractivity contribution >= 4 is 17.9 Å². The molecule has 0 radical (unpaired) electrons. The Bertz CT molecular complexity index is 515. The zero-order valence-electron chi connectivity index (χ0n) is 19.8. The lowest BCUT2D eigenvalue weighted by atomic mass is 10.0. The summed E-state index contributed by atoms with van der Waals surface area (Å²) in [4.78, 5) is 33.9. The summed E-state index contributed by atoms with van der Waals surface area (Å²) in [6, 6.07) is 0. The van der Waals surface area contributed by atoms with E-state index in [9.17, 15) is 29.7 Å². The highest BCUT2D eigenvalue weighted by Gasteiger charge is 2.30. The largest absolute Gasteiger partial charge is 0.550 e. The minimum atomic E-state index is -1.10. The van der Waals surface area contributed by atoms with E-state index in [0.717, 1.165) is 12.8 Å². The number of aliphatic carboxylic acids is 3. The number of quaternary nitrogens is 1. The summed E-state index contributed by atoms with van der Waals surface area (Å²) in [6.45, 7) is 9.47. The van der Waals surface area contributed by atoms with Gasteiger partial charge in [0.05, 0.1) is 38.0 Å². The van der Waals surface area contributed by atoms with Crippen LogP contribution in [0.4, 0.5) is 0 Å². The fourth-order valence-corrected chi connectivity index (χ4v) is 3.48. The minimum absolute atomic E-state index is 0.412. The summed E-state index contributed by atoms with van der Waals surface area (Å²) in [7, 11) is 0. The average Bonchev–Trinajstić information content (AvgIpc) is 2.72. The van der Waals surface area contributed by atoms with Crippen molar-refractivity contribution in [3.8, 4) is 0 Å². The highest BCUT2D eigenvalue weighted by molar-refractivity contribution is 5.69. The highest BCUT2D eigenvalue weighted by Crippen LogP contribution is 2.20. The van der Waals surface area contributed by atoms with Gasteiger partial charge in [-0.25, -0.2) is 0 Å². The second kappa shape index (κ2) is 15.8. The first-order valence-corrected chi connectivity index (χ1v) is 11.7. The lowest BCUT2D eigenvalue weighted by Gasteiger charge is -2.40. The van der Waals surface area contributed by atoms with Gasteiger partial charge in [-0.05, 0) is 18.9 Å². The van der Waals surface area contributed by atoms with Gasteiger partial charge in [0.2, 0.25) is 0 Å². The smallest absolute Gasteiger partial charge is 0.306 e. The zero-order valence-corrected chi connectivity index (χ0v) is 19.8. The Kier molecular flexibility index (Phi) is 14.9.